The molecule has 0 spiro atoms. The van der Waals surface area contributed by atoms with Crippen molar-refractivity contribution < 1.29 is 10.0 Å². The lowest BCUT2D eigenvalue weighted by Gasteiger charge is -2.08. The molecule has 6 nitrogen and oxygen atoms in total. The average molecular weight is 197 g/mol. The van der Waals surface area contributed by atoms with Crippen LogP contribution < -0.4 is 5.73 Å². The normalized spacial score (nSPS) is 12.5. The number of hydrogen-bond acceptors (Lipinski definition) is 5. The fourth-order valence-electron chi connectivity index (χ4n) is 1.17. The zero-order valence-electron chi connectivity index (χ0n) is 7.67. The highest BCUT2D eigenvalue weighted by molar-refractivity contribution is 5.44. The van der Waals surface area contributed by atoms with Crippen LogP contribution in [0.25, 0.3) is 0 Å². The van der Waals surface area contributed by atoms with Crippen LogP contribution in [-0.2, 0) is 0 Å². The third kappa shape index (κ3) is 1.86. The summed E-state index contributed by atoms with van der Waals surface area (Å²) in [5.74, 6) is 0. The number of nitro groups is 1. The van der Waals surface area contributed by atoms with Crippen molar-refractivity contribution in [2.75, 3.05) is 6.61 Å². The van der Waals surface area contributed by atoms with Gasteiger partial charge in [0, 0.05) is 11.8 Å². The fraction of sp³-hybridized carbons (Fsp3) is 0.375. The number of aliphatic hydroxyl groups excluding tert-OH is 1. The second kappa shape index (κ2) is 4.12. The van der Waals surface area contributed by atoms with Crippen molar-refractivity contribution in [1.29, 1.82) is 0 Å². The molecule has 14 heavy (non-hydrogen) atoms. The van der Waals surface area contributed by atoms with Crippen molar-refractivity contribution in [3.05, 3.63) is 33.6 Å². The first-order valence-electron chi connectivity index (χ1n) is 4.04. The molecule has 0 fully saturated rings. The first kappa shape index (κ1) is 10.6. The van der Waals surface area contributed by atoms with Gasteiger partial charge in [-0.15, -0.1) is 0 Å². The molecule has 0 unspecified atom stereocenters. The van der Waals surface area contributed by atoms with E-state index in [9.17, 15) is 10.1 Å². The Morgan fingerprint density at radius 2 is 2.43 bits per heavy atom. The van der Waals surface area contributed by atoms with Gasteiger partial charge in [-0.25, -0.2) is 0 Å². The third-order valence-corrected chi connectivity index (χ3v) is 1.88. The summed E-state index contributed by atoms with van der Waals surface area (Å²) in [7, 11) is 0. The van der Waals surface area contributed by atoms with Crippen molar-refractivity contribution >= 4 is 5.69 Å². The Morgan fingerprint density at radius 3 is 2.93 bits per heavy atom. The average Bonchev–Trinajstić information content (AvgIpc) is 2.15. The quantitative estimate of drug-likeness (QED) is 0.535. The van der Waals surface area contributed by atoms with Crippen molar-refractivity contribution in [2.24, 2.45) is 5.73 Å². The van der Waals surface area contributed by atoms with Gasteiger partial charge in [0.25, 0.3) is 5.69 Å². The number of rotatable bonds is 3. The highest BCUT2D eigenvalue weighted by Gasteiger charge is 2.22. The van der Waals surface area contributed by atoms with Crippen molar-refractivity contribution in [3.8, 4) is 0 Å². The smallest absolute Gasteiger partial charge is 0.295 e. The Labute approximate surface area is 80.5 Å². The summed E-state index contributed by atoms with van der Waals surface area (Å²) in [6.45, 7) is 1.24. The zero-order chi connectivity index (χ0) is 10.7. The number of hydrogen-bond donors (Lipinski definition) is 2. The summed E-state index contributed by atoms with van der Waals surface area (Å²) >= 11 is 0. The van der Waals surface area contributed by atoms with E-state index in [1.807, 2.05) is 0 Å². The highest BCUT2D eigenvalue weighted by Crippen LogP contribution is 2.24. The van der Waals surface area contributed by atoms with E-state index in [2.05, 4.69) is 4.98 Å². The van der Waals surface area contributed by atoms with E-state index in [0.717, 1.165) is 0 Å². The van der Waals surface area contributed by atoms with E-state index in [1.165, 1.54) is 12.3 Å². The first-order chi connectivity index (χ1) is 6.57. The van der Waals surface area contributed by atoms with Gasteiger partial charge in [0.15, 0.2) is 0 Å². The predicted octanol–water partition coefficient (Wildman–Crippen LogP) is 0.290. The molecule has 1 aromatic rings. The second-order valence-corrected chi connectivity index (χ2v) is 2.91. The molecule has 0 aromatic carbocycles. The van der Waals surface area contributed by atoms with Gasteiger partial charge < -0.3 is 10.8 Å². The van der Waals surface area contributed by atoms with Crippen molar-refractivity contribution in [1.82, 2.24) is 4.98 Å². The molecule has 1 atom stereocenters. The van der Waals surface area contributed by atoms with E-state index in [1.54, 1.807) is 6.92 Å². The van der Waals surface area contributed by atoms with E-state index in [0.29, 0.717) is 5.56 Å². The molecule has 1 aromatic heterocycles. The Balaban J connectivity index is 3.28. The third-order valence-electron chi connectivity index (χ3n) is 1.88. The summed E-state index contributed by atoms with van der Waals surface area (Å²) in [5, 5.41) is 19.5. The van der Waals surface area contributed by atoms with Gasteiger partial charge in [-0.3, -0.25) is 15.1 Å². The minimum atomic E-state index is -0.810. The second-order valence-electron chi connectivity index (χ2n) is 2.91. The maximum absolute atomic E-state index is 10.7. The van der Waals surface area contributed by atoms with E-state index in [4.69, 9.17) is 10.8 Å². The number of aryl methyl sites for hydroxylation is 1. The fourth-order valence-corrected chi connectivity index (χ4v) is 1.17. The van der Waals surface area contributed by atoms with Gasteiger partial charge >= 0.3 is 0 Å². The van der Waals surface area contributed by atoms with Gasteiger partial charge in [0.1, 0.15) is 5.69 Å². The lowest BCUT2D eigenvalue weighted by atomic mass is 10.1. The van der Waals surface area contributed by atoms with E-state index >= 15 is 0 Å². The van der Waals surface area contributed by atoms with Gasteiger partial charge in [-0.05, 0) is 13.0 Å². The van der Waals surface area contributed by atoms with Gasteiger partial charge in [0.2, 0.25) is 0 Å². The highest BCUT2D eigenvalue weighted by atomic mass is 16.6. The van der Waals surface area contributed by atoms with Crippen LogP contribution in [0.3, 0.4) is 0 Å². The first-order valence-corrected chi connectivity index (χ1v) is 4.04. The molecular formula is C8H11N3O3. The molecule has 6 heteroatoms. The molecular weight excluding hydrogens is 186 g/mol. The Bertz CT molecular complexity index is 354. The minimum absolute atomic E-state index is 0.117. The molecule has 0 saturated carbocycles. The summed E-state index contributed by atoms with van der Waals surface area (Å²) < 4.78 is 0. The summed E-state index contributed by atoms with van der Waals surface area (Å²) in [6, 6.07) is 0.724. The number of nitrogens with two attached hydrogens (primary N) is 1. The predicted molar refractivity (Wildman–Crippen MR) is 49.6 cm³/mol. The number of aliphatic hydroxyl groups is 1. The van der Waals surface area contributed by atoms with Crippen LogP contribution in [0, 0.1) is 17.0 Å². The standard InChI is InChI=1S/C8H11N3O3/c1-5-2-3-10-7(6(9)4-12)8(5)11(13)14/h2-3,6,12H,4,9H2,1H3/t6-/m1/s1. The van der Waals surface area contributed by atoms with Crippen LogP contribution in [0.2, 0.25) is 0 Å². The molecule has 76 valence electrons. The maximum Gasteiger partial charge on any atom is 0.295 e. The van der Waals surface area contributed by atoms with E-state index < -0.39 is 11.0 Å². The van der Waals surface area contributed by atoms with Crippen molar-refractivity contribution in [2.45, 2.75) is 13.0 Å². The lowest BCUT2D eigenvalue weighted by Crippen LogP contribution is -2.18. The number of nitrogens with zero attached hydrogens (tertiary/aromatic N) is 2. The number of aromatic nitrogens is 1. The van der Waals surface area contributed by atoms with Gasteiger partial charge in [0.05, 0.1) is 17.6 Å². The Kier molecular flexibility index (Phi) is 3.10. The lowest BCUT2D eigenvalue weighted by molar-refractivity contribution is -0.386. The van der Waals surface area contributed by atoms with Crippen molar-refractivity contribution in [3.63, 3.8) is 0 Å². The van der Waals surface area contributed by atoms with Gasteiger partial charge in [-0.1, -0.05) is 0 Å². The molecule has 0 aliphatic carbocycles. The van der Waals surface area contributed by atoms with Crippen LogP contribution in [0.4, 0.5) is 5.69 Å². The molecule has 3 N–H and O–H groups in total. The van der Waals surface area contributed by atoms with Crippen LogP contribution in [0.1, 0.15) is 17.3 Å². The molecule has 1 heterocycles. The monoisotopic (exact) mass is 197 g/mol. The summed E-state index contributed by atoms with van der Waals surface area (Å²) in [5.41, 5.74) is 5.98. The molecule has 0 amide bonds. The van der Waals surface area contributed by atoms with Crippen LogP contribution in [0.15, 0.2) is 12.3 Å². The molecule has 0 saturated heterocycles. The molecule has 0 aliphatic heterocycles. The van der Waals surface area contributed by atoms with E-state index in [-0.39, 0.29) is 18.0 Å². The Hall–Kier alpha value is -1.53. The largest absolute Gasteiger partial charge is 0.394 e. The summed E-state index contributed by atoms with van der Waals surface area (Å²) in [6.07, 6.45) is 1.44. The maximum atomic E-state index is 10.7. The molecule has 1 rings (SSSR count). The van der Waals surface area contributed by atoms with Crippen LogP contribution in [0.5, 0.6) is 0 Å². The molecule has 0 bridgehead atoms. The number of pyridine rings is 1. The topological polar surface area (TPSA) is 102 Å². The SMILES string of the molecule is Cc1ccnc([C@H](N)CO)c1[N+](=O)[O-]. The molecule has 0 radical (unpaired) electrons. The van der Waals surface area contributed by atoms with Gasteiger partial charge in [-0.2, -0.15) is 0 Å². The minimum Gasteiger partial charge on any atom is -0.394 e. The van der Waals surface area contributed by atoms with Crippen LogP contribution >= 0.6 is 0 Å². The molecule has 0 aliphatic rings. The Morgan fingerprint density at radius 1 is 1.79 bits per heavy atom. The van der Waals surface area contributed by atoms with Crippen LogP contribution in [-0.4, -0.2) is 21.6 Å². The zero-order valence-corrected chi connectivity index (χ0v) is 7.67. The summed E-state index contributed by atoms with van der Waals surface area (Å²) in [4.78, 5) is 14.0.